The summed E-state index contributed by atoms with van der Waals surface area (Å²) in [5, 5.41) is 32.4. The Bertz CT molecular complexity index is 218. The Hall–Kier alpha value is -1.03. The average molecular weight is 296 g/mol. The number of carbonyl (C=O) groups excluding carboxylic acids is 1. The molecule has 0 saturated carbocycles. The van der Waals surface area contributed by atoms with Gasteiger partial charge in [0.2, 0.25) is 0 Å². The standard InChI is InChI=1S/C9H16O5.C3H8O3/c1-2-9(11)14-8-7-13-6-5-12-4-3-10;4-1-3(6)2-5/h2,10H,1,3-8H2;3-6H,1-2H2. The molecule has 0 bridgehead atoms. The number of aliphatic hydroxyl groups is 4. The van der Waals surface area contributed by atoms with Crippen molar-refractivity contribution in [1.82, 2.24) is 0 Å². The van der Waals surface area contributed by atoms with Crippen molar-refractivity contribution < 1.29 is 39.4 Å². The van der Waals surface area contributed by atoms with Gasteiger partial charge in [-0.3, -0.25) is 0 Å². The van der Waals surface area contributed by atoms with Gasteiger partial charge in [-0.05, 0) is 0 Å². The van der Waals surface area contributed by atoms with Crippen LogP contribution in [0.4, 0.5) is 0 Å². The maximum absolute atomic E-state index is 10.5. The minimum Gasteiger partial charge on any atom is -0.460 e. The summed E-state index contributed by atoms with van der Waals surface area (Å²) in [6, 6.07) is 0. The van der Waals surface area contributed by atoms with E-state index in [0.717, 1.165) is 6.08 Å². The fourth-order valence-corrected chi connectivity index (χ4v) is 0.704. The van der Waals surface area contributed by atoms with E-state index in [1.54, 1.807) is 0 Å². The largest absolute Gasteiger partial charge is 0.460 e. The van der Waals surface area contributed by atoms with Crippen LogP contribution in [0.1, 0.15) is 0 Å². The molecule has 0 aromatic rings. The molecule has 0 aliphatic rings. The minimum absolute atomic E-state index is 0.0109. The molecule has 120 valence electrons. The highest BCUT2D eigenvalue weighted by Crippen LogP contribution is 1.82. The van der Waals surface area contributed by atoms with E-state index in [4.69, 9.17) is 29.9 Å². The lowest BCUT2D eigenvalue weighted by Crippen LogP contribution is -2.15. The van der Waals surface area contributed by atoms with E-state index < -0.39 is 12.1 Å². The van der Waals surface area contributed by atoms with Crippen molar-refractivity contribution in [2.45, 2.75) is 6.10 Å². The average Bonchev–Trinajstić information content (AvgIpc) is 2.49. The van der Waals surface area contributed by atoms with Crippen LogP contribution in [0.25, 0.3) is 0 Å². The van der Waals surface area contributed by atoms with Gasteiger partial charge in [0.15, 0.2) is 0 Å². The van der Waals surface area contributed by atoms with Gasteiger partial charge in [-0.1, -0.05) is 6.58 Å². The zero-order valence-electron chi connectivity index (χ0n) is 11.4. The van der Waals surface area contributed by atoms with Gasteiger partial charge in [-0.15, -0.1) is 0 Å². The molecule has 0 aliphatic carbocycles. The van der Waals surface area contributed by atoms with Crippen molar-refractivity contribution in [3.05, 3.63) is 12.7 Å². The molecule has 0 aliphatic heterocycles. The highest BCUT2D eigenvalue weighted by Gasteiger charge is 1.95. The molecule has 0 spiro atoms. The number of hydrogen-bond acceptors (Lipinski definition) is 8. The predicted octanol–water partition coefficient (Wildman–Crippen LogP) is -1.93. The Morgan fingerprint density at radius 2 is 1.50 bits per heavy atom. The lowest BCUT2D eigenvalue weighted by molar-refractivity contribution is -0.139. The summed E-state index contributed by atoms with van der Waals surface area (Å²) in [5.41, 5.74) is 0. The molecular formula is C12H24O8. The maximum atomic E-state index is 10.5. The summed E-state index contributed by atoms with van der Waals surface area (Å²) in [6.07, 6.45) is 0.148. The van der Waals surface area contributed by atoms with Crippen molar-refractivity contribution in [2.24, 2.45) is 0 Å². The van der Waals surface area contributed by atoms with Crippen LogP contribution in [0.15, 0.2) is 12.7 Å². The summed E-state index contributed by atoms with van der Waals surface area (Å²) >= 11 is 0. The van der Waals surface area contributed by atoms with Crippen LogP contribution in [0.3, 0.4) is 0 Å². The van der Waals surface area contributed by atoms with Crippen LogP contribution in [0, 0.1) is 0 Å². The molecule has 8 nitrogen and oxygen atoms in total. The second-order valence-electron chi connectivity index (χ2n) is 3.34. The second-order valence-corrected chi connectivity index (χ2v) is 3.34. The monoisotopic (exact) mass is 296 g/mol. The van der Waals surface area contributed by atoms with E-state index in [1.807, 2.05) is 0 Å². The van der Waals surface area contributed by atoms with Gasteiger partial charge in [0, 0.05) is 6.08 Å². The smallest absolute Gasteiger partial charge is 0.330 e. The van der Waals surface area contributed by atoms with Crippen molar-refractivity contribution in [1.29, 1.82) is 0 Å². The summed E-state index contributed by atoms with van der Waals surface area (Å²) in [5.74, 6) is -0.454. The molecule has 20 heavy (non-hydrogen) atoms. The van der Waals surface area contributed by atoms with Crippen molar-refractivity contribution in [2.75, 3.05) is 52.9 Å². The van der Waals surface area contributed by atoms with Gasteiger partial charge in [-0.2, -0.15) is 0 Å². The normalized spacial score (nSPS) is 9.85. The Labute approximate surface area is 118 Å². The molecule has 0 radical (unpaired) electrons. The molecule has 0 heterocycles. The summed E-state index contributed by atoms with van der Waals surface area (Å²) in [6.45, 7) is 4.24. The Morgan fingerprint density at radius 3 is 1.90 bits per heavy atom. The van der Waals surface area contributed by atoms with Crippen LogP contribution >= 0.6 is 0 Å². The molecular weight excluding hydrogens is 272 g/mol. The number of hydrogen-bond donors (Lipinski definition) is 4. The van der Waals surface area contributed by atoms with Crippen LogP contribution in [0.5, 0.6) is 0 Å². The molecule has 0 rings (SSSR count). The van der Waals surface area contributed by atoms with E-state index in [9.17, 15) is 4.79 Å². The first-order chi connectivity index (χ1) is 9.62. The van der Waals surface area contributed by atoms with E-state index in [1.165, 1.54) is 0 Å². The highest BCUT2D eigenvalue weighted by molar-refractivity contribution is 5.81. The lowest BCUT2D eigenvalue weighted by atomic mass is 10.4. The lowest BCUT2D eigenvalue weighted by Gasteiger charge is -2.04. The molecule has 0 atom stereocenters. The van der Waals surface area contributed by atoms with Gasteiger partial charge in [0.1, 0.15) is 12.7 Å². The van der Waals surface area contributed by atoms with Gasteiger partial charge >= 0.3 is 5.97 Å². The van der Waals surface area contributed by atoms with Crippen molar-refractivity contribution >= 4 is 5.97 Å². The topological polar surface area (TPSA) is 126 Å². The molecule has 0 saturated heterocycles. The molecule has 4 N–H and O–H groups in total. The van der Waals surface area contributed by atoms with Crippen LogP contribution in [-0.2, 0) is 19.0 Å². The van der Waals surface area contributed by atoms with Crippen molar-refractivity contribution in [3.8, 4) is 0 Å². The summed E-state index contributed by atoms with van der Waals surface area (Å²) in [4.78, 5) is 10.5. The minimum atomic E-state index is -0.954. The number of carbonyl (C=O) groups is 1. The second kappa shape index (κ2) is 18.0. The molecule has 0 unspecified atom stereocenters. The van der Waals surface area contributed by atoms with Crippen LogP contribution in [-0.4, -0.2) is 85.4 Å². The first-order valence-electron chi connectivity index (χ1n) is 6.07. The molecule has 0 amide bonds. The van der Waals surface area contributed by atoms with Crippen LogP contribution in [0.2, 0.25) is 0 Å². The summed E-state index contributed by atoms with van der Waals surface area (Å²) < 4.78 is 14.6. The van der Waals surface area contributed by atoms with E-state index in [-0.39, 0.29) is 26.4 Å². The molecule has 8 heteroatoms. The highest BCUT2D eigenvalue weighted by atomic mass is 16.6. The zero-order valence-corrected chi connectivity index (χ0v) is 11.4. The first kappa shape index (κ1) is 21.3. The zero-order chi connectivity index (χ0) is 15.6. The third-order valence-electron chi connectivity index (χ3n) is 1.67. The SMILES string of the molecule is C=CC(=O)OCCOCCOCCO.OCC(O)CO. The predicted molar refractivity (Wildman–Crippen MR) is 70.1 cm³/mol. The fourth-order valence-electron chi connectivity index (χ4n) is 0.704. The quantitative estimate of drug-likeness (QED) is 0.197. The first-order valence-corrected chi connectivity index (χ1v) is 6.07. The third kappa shape index (κ3) is 19.3. The number of esters is 1. The molecule has 0 fully saturated rings. The van der Waals surface area contributed by atoms with Crippen molar-refractivity contribution in [3.63, 3.8) is 0 Å². The van der Waals surface area contributed by atoms with Crippen LogP contribution < -0.4 is 0 Å². The van der Waals surface area contributed by atoms with Gasteiger partial charge < -0.3 is 34.6 Å². The Morgan fingerprint density at radius 1 is 1.00 bits per heavy atom. The van der Waals surface area contributed by atoms with Gasteiger partial charge in [-0.25, -0.2) is 4.79 Å². The maximum Gasteiger partial charge on any atom is 0.330 e. The number of aliphatic hydroxyl groups excluding tert-OH is 4. The summed E-state index contributed by atoms with van der Waals surface area (Å²) in [7, 11) is 0. The van der Waals surface area contributed by atoms with E-state index in [2.05, 4.69) is 11.3 Å². The Balaban J connectivity index is 0. The number of rotatable bonds is 11. The molecule has 0 aromatic carbocycles. The van der Waals surface area contributed by atoms with E-state index >= 15 is 0 Å². The van der Waals surface area contributed by atoms with Gasteiger partial charge in [0.05, 0.1) is 46.2 Å². The third-order valence-corrected chi connectivity index (χ3v) is 1.67. The van der Waals surface area contributed by atoms with Gasteiger partial charge in [0.25, 0.3) is 0 Å². The Kier molecular flexibility index (Phi) is 19.1. The molecule has 0 aromatic heterocycles. The van der Waals surface area contributed by atoms with E-state index in [0.29, 0.717) is 26.4 Å². The fraction of sp³-hybridized carbons (Fsp3) is 0.750. The number of ether oxygens (including phenoxy) is 3.